The number of hydrogen-bond donors (Lipinski definition) is 1. The van der Waals surface area contributed by atoms with Crippen LogP contribution in [0.1, 0.15) is 22.7 Å². The molecule has 0 radical (unpaired) electrons. The van der Waals surface area contributed by atoms with Crippen LogP contribution < -0.4 is 9.47 Å². The van der Waals surface area contributed by atoms with E-state index >= 15 is 0 Å². The molecule has 8 heteroatoms. The predicted octanol–water partition coefficient (Wildman–Crippen LogP) is 4.37. The van der Waals surface area contributed by atoms with Gasteiger partial charge in [-0.1, -0.05) is 29.8 Å². The van der Waals surface area contributed by atoms with Crippen molar-refractivity contribution in [2.24, 2.45) is 0 Å². The van der Waals surface area contributed by atoms with E-state index in [4.69, 9.17) is 21.1 Å². The van der Waals surface area contributed by atoms with Crippen molar-refractivity contribution in [2.75, 3.05) is 14.2 Å². The highest BCUT2D eigenvalue weighted by atomic mass is 35.5. The molecule has 4 rings (SSSR count). The molecule has 1 saturated heterocycles. The van der Waals surface area contributed by atoms with Crippen molar-refractivity contribution in [2.45, 2.75) is 12.6 Å². The fraction of sp³-hybridized carbons (Fsp3) is 0.160. The highest BCUT2D eigenvalue weighted by Gasteiger charge is 2.46. The first-order valence-corrected chi connectivity index (χ1v) is 10.5. The van der Waals surface area contributed by atoms with Gasteiger partial charge in [0.25, 0.3) is 11.7 Å². The van der Waals surface area contributed by atoms with Crippen molar-refractivity contribution < 1.29 is 24.2 Å². The Labute approximate surface area is 195 Å². The molecule has 0 unspecified atom stereocenters. The van der Waals surface area contributed by atoms with Crippen LogP contribution in [0, 0.1) is 0 Å². The average Bonchev–Trinajstić information content (AvgIpc) is 3.08. The van der Waals surface area contributed by atoms with E-state index in [0.717, 1.165) is 5.56 Å². The maximum absolute atomic E-state index is 13.2. The summed E-state index contributed by atoms with van der Waals surface area (Å²) in [6, 6.07) is 14.4. The lowest BCUT2D eigenvalue weighted by Crippen LogP contribution is -2.29. The number of hydrogen-bond acceptors (Lipinski definition) is 6. The first-order valence-electron chi connectivity index (χ1n) is 10.1. The monoisotopic (exact) mass is 464 g/mol. The lowest BCUT2D eigenvalue weighted by Gasteiger charge is -2.25. The molecule has 0 bridgehead atoms. The summed E-state index contributed by atoms with van der Waals surface area (Å²) in [5, 5.41) is 11.7. The molecule has 1 aliphatic heterocycles. The minimum absolute atomic E-state index is 0.0293. The van der Waals surface area contributed by atoms with Crippen LogP contribution in [-0.4, -0.2) is 40.9 Å². The first kappa shape index (κ1) is 22.4. The van der Waals surface area contributed by atoms with Crippen molar-refractivity contribution in [3.63, 3.8) is 0 Å². The number of nitrogens with zero attached hydrogens (tertiary/aromatic N) is 2. The lowest BCUT2D eigenvalue weighted by atomic mass is 9.95. The number of benzene rings is 2. The molecule has 168 valence electrons. The highest BCUT2D eigenvalue weighted by molar-refractivity contribution is 6.46. The summed E-state index contributed by atoms with van der Waals surface area (Å²) < 4.78 is 10.6. The number of ether oxygens (including phenoxy) is 2. The fourth-order valence-electron chi connectivity index (χ4n) is 3.89. The lowest BCUT2D eigenvalue weighted by molar-refractivity contribution is -0.140. The van der Waals surface area contributed by atoms with E-state index in [1.165, 1.54) is 19.1 Å². The first-order chi connectivity index (χ1) is 15.9. The minimum atomic E-state index is -0.836. The third-order valence-corrected chi connectivity index (χ3v) is 5.67. The van der Waals surface area contributed by atoms with E-state index in [1.807, 2.05) is 6.07 Å². The number of aliphatic hydroxyl groups is 1. The zero-order valence-corrected chi connectivity index (χ0v) is 18.7. The summed E-state index contributed by atoms with van der Waals surface area (Å²) in [6.45, 7) is 0.137. The zero-order valence-electron chi connectivity index (χ0n) is 18.0. The maximum atomic E-state index is 13.2. The largest absolute Gasteiger partial charge is 0.507 e. The van der Waals surface area contributed by atoms with Crippen LogP contribution in [0.3, 0.4) is 0 Å². The summed E-state index contributed by atoms with van der Waals surface area (Å²) in [5.74, 6) is -0.960. The molecule has 1 aliphatic rings. The number of Topliss-reactive ketones (excluding diaryl/α,β-unsaturated/α-hetero) is 1. The van der Waals surface area contributed by atoms with Gasteiger partial charge in [0, 0.05) is 29.5 Å². The number of likely N-dealkylation sites (tertiary alicyclic amines) is 1. The van der Waals surface area contributed by atoms with E-state index in [0.29, 0.717) is 27.6 Å². The van der Waals surface area contributed by atoms with Crippen LogP contribution in [0.25, 0.3) is 5.76 Å². The second-order valence-corrected chi connectivity index (χ2v) is 7.85. The Morgan fingerprint density at radius 3 is 2.52 bits per heavy atom. The van der Waals surface area contributed by atoms with Crippen LogP contribution in [0.4, 0.5) is 0 Å². The molecule has 1 atom stereocenters. The molecule has 1 aromatic heterocycles. The van der Waals surface area contributed by atoms with Crippen molar-refractivity contribution in [3.8, 4) is 11.5 Å². The Morgan fingerprint density at radius 1 is 1.06 bits per heavy atom. The average molecular weight is 465 g/mol. The summed E-state index contributed by atoms with van der Waals surface area (Å²) in [6.07, 6.45) is 3.26. The number of carbonyl (C=O) groups excluding carboxylic acids is 2. The number of halogens is 1. The van der Waals surface area contributed by atoms with E-state index in [-0.39, 0.29) is 17.9 Å². The molecule has 0 aliphatic carbocycles. The van der Waals surface area contributed by atoms with Gasteiger partial charge in [-0.15, -0.1) is 0 Å². The number of ketones is 1. The van der Waals surface area contributed by atoms with Crippen LogP contribution >= 0.6 is 11.6 Å². The van der Waals surface area contributed by atoms with Gasteiger partial charge in [0.15, 0.2) is 11.5 Å². The number of methoxy groups -OCH3 is 2. The van der Waals surface area contributed by atoms with Gasteiger partial charge in [-0.2, -0.15) is 0 Å². The van der Waals surface area contributed by atoms with E-state index in [9.17, 15) is 14.7 Å². The number of amides is 1. The highest BCUT2D eigenvalue weighted by Crippen LogP contribution is 2.41. The SMILES string of the molecule is COc1ccc(C(O)=C2C(=O)C(=O)N(Cc3cccnc3)[C@H]2c2cccc(Cl)c2)cc1OC. The van der Waals surface area contributed by atoms with Gasteiger partial charge in [0.05, 0.1) is 25.8 Å². The molecular formula is C25H21ClN2O5. The summed E-state index contributed by atoms with van der Waals surface area (Å²) in [5.41, 5.74) is 1.64. The molecule has 7 nitrogen and oxygen atoms in total. The predicted molar refractivity (Wildman–Crippen MR) is 123 cm³/mol. The van der Waals surface area contributed by atoms with Gasteiger partial charge in [0.1, 0.15) is 5.76 Å². The van der Waals surface area contributed by atoms with Gasteiger partial charge < -0.3 is 19.5 Å². The topological polar surface area (TPSA) is 89.0 Å². The van der Waals surface area contributed by atoms with E-state index < -0.39 is 17.7 Å². The summed E-state index contributed by atoms with van der Waals surface area (Å²) in [7, 11) is 2.97. The van der Waals surface area contributed by atoms with Crippen molar-refractivity contribution in [1.82, 2.24) is 9.88 Å². The van der Waals surface area contributed by atoms with Crippen LogP contribution in [-0.2, 0) is 16.1 Å². The summed E-state index contributed by atoms with van der Waals surface area (Å²) >= 11 is 6.21. The van der Waals surface area contributed by atoms with Crippen LogP contribution in [0.15, 0.2) is 72.6 Å². The van der Waals surface area contributed by atoms with Gasteiger partial charge in [-0.25, -0.2) is 0 Å². The summed E-state index contributed by atoms with van der Waals surface area (Å²) in [4.78, 5) is 31.7. The van der Waals surface area contributed by atoms with Crippen molar-refractivity contribution in [3.05, 3.63) is 94.3 Å². The number of pyridine rings is 1. The number of carbonyl (C=O) groups is 2. The van der Waals surface area contributed by atoms with E-state index in [1.54, 1.807) is 60.9 Å². The number of aliphatic hydroxyl groups excluding tert-OH is 1. The standard InChI is InChI=1S/C25H21ClN2O5/c1-32-19-9-8-17(12-20(19)33-2)23(29)21-22(16-6-3-7-18(26)11-16)28(25(31)24(21)30)14-15-5-4-10-27-13-15/h3-13,22,29H,14H2,1-2H3/t22-/m0/s1. The van der Waals surface area contributed by atoms with Gasteiger partial charge >= 0.3 is 0 Å². The molecule has 2 heterocycles. The fourth-order valence-corrected chi connectivity index (χ4v) is 4.09. The third-order valence-electron chi connectivity index (χ3n) is 5.44. The van der Waals surface area contributed by atoms with Gasteiger partial charge in [-0.05, 0) is 47.5 Å². The third kappa shape index (κ3) is 4.27. The normalized spacial score (nSPS) is 17.3. The Hall–Kier alpha value is -3.84. The van der Waals surface area contributed by atoms with Crippen molar-refractivity contribution >= 4 is 29.1 Å². The second kappa shape index (κ2) is 9.34. The van der Waals surface area contributed by atoms with Crippen molar-refractivity contribution in [1.29, 1.82) is 0 Å². The molecule has 3 aromatic rings. The molecule has 1 N–H and O–H groups in total. The molecule has 0 saturated carbocycles. The van der Waals surface area contributed by atoms with Crippen LogP contribution in [0.5, 0.6) is 11.5 Å². The Balaban J connectivity index is 1.88. The maximum Gasteiger partial charge on any atom is 0.295 e. The second-order valence-electron chi connectivity index (χ2n) is 7.41. The minimum Gasteiger partial charge on any atom is -0.507 e. The Kier molecular flexibility index (Phi) is 6.33. The molecule has 0 spiro atoms. The number of rotatable bonds is 6. The number of aromatic nitrogens is 1. The molecule has 1 fully saturated rings. The molecule has 33 heavy (non-hydrogen) atoms. The molecular weight excluding hydrogens is 444 g/mol. The quantitative estimate of drug-likeness (QED) is 0.331. The Morgan fingerprint density at radius 2 is 1.85 bits per heavy atom. The molecule has 1 amide bonds. The Bertz CT molecular complexity index is 1240. The van der Waals surface area contributed by atoms with E-state index in [2.05, 4.69) is 4.98 Å². The zero-order chi connectivity index (χ0) is 23.5. The van der Waals surface area contributed by atoms with Crippen LogP contribution in [0.2, 0.25) is 5.02 Å². The van der Waals surface area contributed by atoms with Gasteiger partial charge in [0.2, 0.25) is 0 Å². The molecule has 2 aromatic carbocycles. The smallest absolute Gasteiger partial charge is 0.295 e. The van der Waals surface area contributed by atoms with Gasteiger partial charge in [-0.3, -0.25) is 14.6 Å².